The summed E-state index contributed by atoms with van der Waals surface area (Å²) in [5, 5.41) is 5.29. The number of hydrogen-bond acceptors (Lipinski definition) is 5. The van der Waals surface area contributed by atoms with Crippen LogP contribution in [0.25, 0.3) is 0 Å². The SMILES string of the molecule is CC(=O)ON1CCN=C1Nc1c(Cl)cccc1Cl. The molecular weight excluding hydrogens is 277 g/mol. The van der Waals surface area contributed by atoms with Crippen molar-refractivity contribution < 1.29 is 9.63 Å². The average molecular weight is 288 g/mol. The highest BCUT2D eigenvalue weighted by Gasteiger charge is 2.21. The topological polar surface area (TPSA) is 53.9 Å². The van der Waals surface area contributed by atoms with Crippen LogP contribution in [0.15, 0.2) is 23.2 Å². The lowest BCUT2D eigenvalue weighted by molar-refractivity contribution is -0.168. The van der Waals surface area contributed by atoms with Gasteiger partial charge in [-0.3, -0.25) is 4.79 Å². The Morgan fingerprint density at radius 3 is 2.72 bits per heavy atom. The maximum Gasteiger partial charge on any atom is 0.329 e. The van der Waals surface area contributed by atoms with E-state index in [4.69, 9.17) is 28.0 Å². The number of rotatable bonds is 2. The van der Waals surface area contributed by atoms with Gasteiger partial charge in [-0.25, -0.2) is 4.99 Å². The molecule has 1 heterocycles. The lowest BCUT2D eigenvalue weighted by Gasteiger charge is -2.19. The van der Waals surface area contributed by atoms with E-state index in [1.54, 1.807) is 18.2 Å². The number of benzene rings is 1. The monoisotopic (exact) mass is 287 g/mol. The van der Waals surface area contributed by atoms with Crippen LogP contribution in [0.2, 0.25) is 10.0 Å². The van der Waals surface area contributed by atoms with Gasteiger partial charge in [0.1, 0.15) is 0 Å². The minimum atomic E-state index is -0.406. The zero-order chi connectivity index (χ0) is 13.1. The van der Waals surface area contributed by atoms with Crippen LogP contribution in [0, 0.1) is 0 Å². The van der Waals surface area contributed by atoms with E-state index in [0.29, 0.717) is 34.8 Å². The zero-order valence-electron chi connectivity index (χ0n) is 9.61. The molecule has 18 heavy (non-hydrogen) atoms. The number of para-hydroxylation sites is 1. The highest BCUT2D eigenvalue weighted by Crippen LogP contribution is 2.30. The summed E-state index contributed by atoms with van der Waals surface area (Å²) in [5.41, 5.74) is 0.540. The van der Waals surface area contributed by atoms with Crippen molar-refractivity contribution in [3.63, 3.8) is 0 Å². The first-order valence-corrected chi connectivity index (χ1v) is 6.05. The third kappa shape index (κ3) is 2.86. The first kappa shape index (κ1) is 13.0. The summed E-state index contributed by atoms with van der Waals surface area (Å²) in [5.74, 6) is 0.0110. The highest BCUT2D eigenvalue weighted by molar-refractivity contribution is 6.39. The van der Waals surface area contributed by atoms with E-state index in [0.717, 1.165) is 0 Å². The molecule has 0 fully saturated rings. The predicted octanol–water partition coefficient (Wildman–Crippen LogP) is 2.56. The third-order valence-corrected chi connectivity index (χ3v) is 2.87. The molecule has 1 N–H and O–H groups in total. The van der Waals surface area contributed by atoms with Crippen molar-refractivity contribution >= 4 is 40.8 Å². The predicted molar refractivity (Wildman–Crippen MR) is 70.9 cm³/mol. The van der Waals surface area contributed by atoms with E-state index >= 15 is 0 Å². The molecule has 1 aromatic carbocycles. The number of anilines is 1. The number of aliphatic imine (C=N–C) groups is 1. The van der Waals surface area contributed by atoms with Gasteiger partial charge in [0.05, 0.1) is 28.8 Å². The van der Waals surface area contributed by atoms with Crippen molar-refractivity contribution in [1.82, 2.24) is 5.06 Å². The molecule has 5 nitrogen and oxygen atoms in total. The van der Waals surface area contributed by atoms with Gasteiger partial charge in [0, 0.05) is 6.92 Å². The molecule has 0 unspecified atom stereocenters. The number of nitrogens with one attached hydrogen (secondary N) is 1. The van der Waals surface area contributed by atoms with Gasteiger partial charge in [0.25, 0.3) is 0 Å². The molecule has 1 aromatic rings. The van der Waals surface area contributed by atoms with E-state index in [9.17, 15) is 4.79 Å². The average Bonchev–Trinajstić information content (AvgIpc) is 2.70. The maximum atomic E-state index is 10.9. The van der Waals surface area contributed by atoms with E-state index in [2.05, 4.69) is 10.3 Å². The van der Waals surface area contributed by atoms with Gasteiger partial charge >= 0.3 is 5.97 Å². The van der Waals surface area contributed by atoms with E-state index in [1.807, 2.05) is 0 Å². The van der Waals surface area contributed by atoms with Crippen molar-refractivity contribution in [1.29, 1.82) is 0 Å². The van der Waals surface area contributed by atoms with Gasteiger partial charge in [-0.2, -0.15) is 5.06 Å². The Bertz CT molecular complexity index is 485. The Kier molecular flexibility index (Phi) is 3.93. The molecule has 1 aliphatic heterocycles. The summed E-state index contributed by atoms with van der Waals surface area (Å²) >= 11 is 12.1. The minimum Gasteiger partial charge on any atom is -0.338 e. The van der Waals surface area contributed by atoms with Crippen molar-refractivity contribution in [3.8, 4) is 0 Å². The van der Waals surface area contributed by atoms with E-state index in [1.165, 1.54) is 12.0 Å². The van der Waals surface area contributed by atoms with Crippen LogP contribution in [0.1, 0.15) is 6.92 Å². The highest BCUT2D eigenvalue weighted by atomic mass is 35.5. The summed E-state index contributed by atoms with van der Waals surface area (Å²) < 4.78 is 0. The Morgan fingerprint density at radius 1 is 1.44 bits per heavy atom. The second-order valence-electron chi connectivity index (χ2n) is 3.61. The standard InChI is InChI=1S/C11H11Cl2N3O2/c1-7(17)18-16-6-5-14-11(16)15-10-8(12)3-2-4-9(10)13/h2-4H,5-6H2,1H3,(H,14,15). The third-order valence-electron chi connectivity index (χ3n) is 2.24. The van der Waals surface area contributed by atoms with Crippen molar-refractivity contribution in [2.75, 3.05) is 18.4 Å². The van der Waals surface area contributed by atoms with Gasteiger partial charge in [-0.1, -0.05) is 29.3 Å². The zero-order valence-corrected chi connectivity index (χ0v) is 11.1. The molecule has 0 atom stereocenters. The molecule has 0 aliphatic carbocycles. The first-order chi connectivity index (χ1) is 8.58. The molecule has 0 saturated heterocycles. The number of hydrogen-bond donors (Lipinski definition) is 1. The van der Waals surface area contributed by atoms with Gasteiger partial charge in [0.15, 0.2) is 0 Å². The maximum absolute atomic E-state index is 10.9. The fraction of sp³-hybridized carbons (Fsp3) is 0.273. The molecule has 1 aliphatic rings. The second kappa shape index (κ2) is 5.46. The number of hydroxylamine groups is 2. The van der Waals surface area contributed by atoms with Crippen LogP contribution < -0.4 is 5.32 Å². The first-order valence-electron chi connectivity index (χ1n) is 5.29. The van der Waals surface area contributed by atoms with Crippen LogP contribution in [0.5, 0.6) is 0 Å². The van der Waals surface area contributed by atoms with Crippen molar-refractivity contribution in [2.24, 2.45) is 4.99 Å². The number of guanidine groups is 1. The van der Waals surface area contributed by atoms with Crippen LogP contribution in [0.4, 0.5) is 5.69 Å². The minimum absolute atomic E-state index is 0.406. The molecule has 7 heteroatoms. The molecule has 0 bridgehead atoms. The number of carbonyl (C=O) groups excluding carboxylic acids is 1. The van der Waals surface area contributed by atoms with Crippen LogP contribution in [-0.4, -0.2) is 30.1 Å². The van der Waals surface area contributed by atoms with Gasteiger partial charge in [-0.05, 0) is 12.1 Å². The van der Waals surface area contributed by atoms with Crippen LogP contribution in [-0.2, 0) is 9.63 Å². The van der Waals surface area contributed by atoms with Crippen molar-refractivity contribution in [3.05, 3.63) is 28.2 Å². The van der Waals surface area contributed by atoms with Gasteiger partial charge < -0.3 is 10.2 Å². The Balaban J connectivity index is 2.16. The molecule has 0 spiro atoms. The van der Waals surface area contributed by atoms with E-state index < -0.39 is 5.97 Å². The number of halogens is 2. The number of nitrogens with zero attached hydrogens (tertiary/aromatic N) is 2. The van der Waals surface area contributed by atoms with E-state index in [-0.39, 0.29) is 0 Å². The molecule has 96 valence electrons. The van der Waals surface area contributed by atoms with Crippen LogP contribution >= 0.6 is 23.2 Å². The summed E-state index contributed by atoms with van der Waals surface area (Å²) in [7, 11) is 0. The molecule has 2 rings (SSSR count). The summed E-state index contributed by atoms with van der Waals surface area (Å²) in [6, 6.07) is 5.17. The molecular formula is C11H11Cl2N3O2. The van der Waals surface area contributed by atoms with Gasteiger partial charge in [0.2, 0.25) is 5.96 Å². The fourth-order valence-electron chi connectivity index (χ4n) is 1.51. The summed E-state index contributed by atoms with van der Waals surface area (Å²) in [6.07, 6.45) is 0. The lowest BCUT2D eigenvalue weighted by Crippen LogP contribution is -2.34. The quantitative estimate of drug-likeness (QED) is 0.908. The Labute approximate surface area is 114 Å². The normalized spacial score (nSPS) is 14.4. The largest absolute Gasteiger partial charge is 0.338 e. The molecule has 0 aromatic heterocycles. The van der Waals surface area contributed by atoms with Gasteiger partial charge in [-0.15, -0.1) is 0 Å². The Hall–Kier alpha value is -1.46. The fourth-order valence-corrected chi connectivity index (χ4v) is 2.00. The van der Waals surface area contributed by atoms with Crippen molar-refractivity contribution in [2.45, 2.75) is 6.92 Å². The molecule has 0 saturated carbocycles. The van der Waals surface area contributed by atoms with Crippen LogP contribution in [0.3, 0.4) is 0 Å². The molecule has 0 radical (unpaired) electrons. The summed E-state index contributed by atoms with van der Waals surface area (Å²) in [4.78, 5) is 20.1. The smallest absolute Gasteiger partial charge is 0.329 e. The molecule has 0 amide bonds. The summed E-state index contributed by atoms with van der Waals surface area (Å²) in [6.45, 7) is 2.38. The number of carbonyl (C=O) groups is 1. The second-order valence-corrected chi connectivity index (χ2v) is 4.43. The Morgan fingerprint density at radius 2 is 2.11 bits per heavy atom. The lowest BCUT2D eigenvalue weighted by atomic mass is 10.3.